The predicted octanol–water partition coefficient (Wildman–Crippen LogP) is 11.3. The maximum absolute atomic E-state index is 12.0. The first-order chi connectivity index (χ1) is 37.6. The van der Waals surface area contributed by atoms with Gasteiger partial charge in [-0.15, -0.1) is 34.0 Å². The number of nitrogens with one attached hydrogen (secondary N) is 4. The van der Waals surface area contributed by atoms with Crippen LogP contribution in [0.5, 0.6) is 0 Å². The Hall–Kier alpha value is -4.22. The van der Waals surface area contributed by atoms with Crippen molar-refractivity contribution in [2.75, 3.05) is 23.0 Å². The van der Waals surface area contributed by atoms with E-state index in [1.807, 2.05) is 20.8 Å². The Kier molecular flexibility index (Phi) is 30.5. The molecule has 6 heterocycles. The fourth-order valence-corrected chi connectivity index (χ4v) is 13.0. The summed E-state index contributed by atoms with van der Waals surface area (Å²) in [5, 5.41) is 17.8. The largest absolute Gasteiger partial charge is 1.00 e. The van der Waals surface area contributed by atoms with E-state index in [0.29, 0.717) is 42.5 Å². The molecule has 3 aliphatic rings. The van der Waals surface area contributed by atoms with Crippen LogP contribution in [-0.4, -0.2) is 120 Å². The Morgan fingerprint density at radius 3 is 1.12 bits per heavy atom. The molecule has 0 aromatic carbocycles. The first-order valence-corrected chi connectivity index (χ1v) is 30.7. The van der Waals surface area contributed by atoms with Crippen LogP contribution in [-0.2, 0) is 23.7 Å². The Labute approximate surface area is 537 Å². The topological polar surface area (TPSA) is 240 Å². The number of ether oxygens (including phenoxy) is 4. The van der Waals surface area contributed by atoms with Crippen molar-refractivity contribution in [2.45, 2.75) is 249 Å². The van der Waals surface area contributed by atoms with Crippen molar-refractivity contribution in [1.82, 2.24) is 35.2 Å². The van der Waals surface area contributed by atoms with Gasteiger partial charge in [0, 0.05) is 51.3 Å². The monoisotopic (exact) mass is 1230 g/mol. The third-order valence-electron chi connectivity index (χ3n) is 14.5. The first-order valence-electron chi connectivity index (χ1n) is 28.3. The number of hydrogen-bond acceptors (Lipinski definition) is 21. The Bertz CT molecular complexity index is 3000. The van der Waals surface area contributed by atoms with Gasteiger partial charge in [0.05, 0.1) is 16.2 Å². The molecule has 0 atom stereocenters. The second-order valence-electron chi connectivity index (χ2n) is 24.5. The van der Waals surface area contributed by atoms with E-state index in [1.54, 1.807) is 94.5 Å². The van der Waals surface area contributed by atoms with E-state index in [9.17, 15) is 14.4 Å². The number of fused-ring (bicyclic) bond motifs is 3. The van der Waals surface area contributed by atoms with Crippen molar-refractivity contribution < 1.29 is 53.6 Å². The third-order valence-corrected chi connectivity index (χ3v) is 17.8. The van der Waals surface area contributed by atoms with Crippen LogP contribution in [0.1, 0.15) is 193 Å². The Morgan fingerprint density at radius 2 is 0.810 bits per heavy atom. The number of thiophene rings is 3. The summed E-state index contributed by atoms with van der Waals surface area (Å²) >= 11 is 5.23. The zero-order valence-corrected chi connectivity index (χ0v) is 53.7. The van der Waals surface area contributed by atoms with Crippen LogP contribution in [0, 0.1) is 47.5 Å². The zero-order valence-electron chi connectivity index (χ0n) is 52.2. The smallest absolute Gasteiger partial charge is 1.00 e. The normalized spacial score (nSPS) is 19.5. The molecule has 3 fully saturated rings. The van der Waals surface area contributed by atoms with E-state index in [2.05, 4.69) is 104 Å². The maximum Gasteiger partial charge on any atom is 1.00 e. The van der Waals surface area contributed by atoms with E-state index in [1.165, 1.54) is 67.8 Å². The number of nitrogens with two attached hydrogens (primary N) is 1. The van der Waals surface area contributed by atoms with Gasteiger partial charge in [-0.2, -0.15) is 0 Å². The number of nitrogens with zero attached hydrogens (tertiary/aromatic N) is 6. The van der Waals surface area contributed by atoms with E-state index >= 15 is 0 Å². The number of carbonyl (C=O) groups is 3. The molecule has 3 aliphatic carbocycles. The fraction of sp³-hybridized carbons (Fsp3) is 0.656. The molecule has 0 radical (unpaired) electrons. The summed E-state index contributed by atoms with van der Waals surface area (Å²) in [6, 6.07) is 2.51. The van der Waals surface area contributed by atoms with Gasteiger partial charge in [0.1, 0.15) is 67.7 Å². The molecule has 3 saturated carbocycles. The molecule has 0 bridgehead atoms. The van der Waals surface area contributed by atoms with Crippen molar-refractivity contribution in [3.63, 3.8) is 0 Å². The van der Waals surface area contributed by atoms with Gasteiger partial charge in [0.25, 0.3) is 0 Å². The summed E-state index contributed by atoms with van der Waals surface area (Å²) in [5.41, 5.74) is 8.06. The number of rotatable bonds is 9. The van der Waals surface area contributed by atoms with Gasteiger partial charge in [-0.1, -0.05) is 14.9 Å². The number of anilines is 3. The Morgan fingerprint density at radius 1 is 0.512 bits per heavy atom. The molecular weight excluding hydrogens is 1130 g/mol. The van der Waals surface area contributed by atoms with Crippen LogP contribution in [0.3, 0.4) is 0 Å². The minimum atomic E-state index is -1.06. The average Bonchev–Trinajstić information content (AvgIpc) is 2.91. The minimum Gasteiger partial charge on any atom is -1.00 e. The summed E-state index contributed by atoms with van der Waals surface area (Å²) in [4.78, 5) is 67.8. The standard InChI is InChI=1S/C20H29N3O2S.C15H22N4S.C14H20N4S.C10H18O5.2CH4.Al.Li.4H/c1-12-13(2)26-19-17(12)18(21-11-22-19)23-15-8-6-14(7-9-15)10-16(24)25-20(3,4)5;1-9-10(2)20-15-13(9)14(17-8-18-15)19-12-6-4-11(16-3)5-7-12;1-8-9(2)19-14-12(8)13(16-7-17-14)18-11-5-3-10(15)4-6-11;1-9(2,3)14-7(11)13-8(12)15-10(4,5)6;;;;;;;;/h11,14-15H,6-10H2,1-5H3,(H,21,22,23);8,11-12,16H,4-7H2,1-3H3,(H,17,18,19);7,10-11H,3-6,15H2,1-2H3,(H,16,17,18);1-6H3;2*1H4;;;;;;/q;;;;;;;+1;;;;-1. The SMILES string of the molecule is C.C.CC(C)(C)OC(=O)OC(=O)OC(C)(C)C.CNC1CCC(Nc2ncnc3sc(C)c(C)c23)CC1.Cc1sc2ncnc(NC3CCC(CC(=O)OC(C)(C)C)CC3)c2c1C.Cc1sc2ncnc(NC3CCC(N)CC3)c2c1C.[AlH3].[H-].[Li+]. The number of esters is 1. The molecule has 6 N–H and O–H groups in total. The molecule has 0 aliphatic heterocycles. The van der Waals surface area contributed by atoms with Gasteiger partial charge >= 0.3 is 37.1 Å². The number of hydrogen-bond donors (Lipinski definition) is 5. The van der Waals surface area contributed by atoms with Gasteiger partial charge in [-0.25, -0.2) is 39.5 Å². The quantitative estimate of drug-likeness (QED) is 0.0391. The summed E-state index contributed by atoms with van der Waals surface area (Å²) in [6.07, 6.45) is 17.0. The second-order valence-corrected chi connectivity index (χ2v) is 28.1. The van der Waals surface area contributed by atoms with Crippen LogP contribution in [0.4, 0.5) is 27.0 Å². The van der Waals surface area contributed by atoms with Crippen molar-refractivity contribution in [1.29, 1.82) is 0 Å². The van der Waals surface area contributed by atoms with Crippen molar-refractivity contribution in [2.24, 2.45) is 11.7 Å². The second kappa shape index (κ2) is 33.8. The molecule has 23 heteroatoms. The summed E-state index contributed by atoms with van der Waals surface area (Å²) in [7, 11) is 2.06. The number of carbonyl (C=O) groups excluding carboxylic acids is 3. The van der Waals surface area contributed by atoms with Crippen molar-refractivity contribution >= 4 is 118 Å². The van der Waals surface area contributed by atoms with Crippen LogP contribution < -0.4 is 45.9 Å². The molecule has 18 nitrogen and oxygen atoms in total. The third kappa shape index (κ3) is 23.1. The summed E-state index contributed by atoms with van der Waals surface area (Å²) < 4.78 is 19.3. The van der Waals surface area contributed by atoms with Crippen molar-refractivity contribution in [3.05, 3.63) is 50.3 Å². The molecule has 0 amide bonds. The molecule has 6 aromatic heterocycles. The molecule has 9 rings (SSSR count). The van der Waals surface area contributed by atoms with Gasteiger partial charge in [-0.05, 0) is 211 Å². The molecule has 464 valence electrons. The van der Waals surface area contributed by atoms with Crippen LogP contribution in [0.25, 0.3) is 30.6 Å². The van der Waals surface area contributed by atoms with Gasteiger partial charge in [0.2, 0.25) is 0 Å². The molecule has 0 spiro atoms. The first kappa shape index (κ1) is 75.9. The van der Waals surface area contributed by atoms with E-state index in [4.69, 9.17) is 19.9 Å². The Balaban J connectivity index is 0.000000566. The molecule has 0 unspecified atom stereocenters. The van der Waals surface area contributed by atoms with Gasteiger partial charge in [0.15, 0.2) is 17.4 Å². The summed E-state index contributed by atoms with van der Waals surface area (Å²) in [6.45, 7) is 28.7. The summed E-state index contributed by atoms with van der Waals surface area (Å²) in [5.74, 6) is 3.32. The van der Waals surface area contributed by atoms with Crippen LogP contribution >= 0.6 is 34.0 Å². The zero-order chi connectivity index (χ0) is 58.7. The number of aromatic nitrogens is 6. The minimum absolute atomic E-state index is 0. The van der Waals surface area contributed by atoms with Crippen LogP contribution in [0.15, 0.2) is 19.0 Å². The molecule has 84 heavy (non-hydrogen) atoms. The molecule has 0 saturated heterocycles. The van der Waals surface area contributed by atoms with Crippen molar-refractivity contribution in [3.8, 4) is 0 Å². The fourth-order valence-electron chi connectivity index (χ4n) is 9.99. The van der Waals surface area contributed by atoms with E-state index in [0.717, 1.165) is 88.7 Å². The number of aryl methyl sites for hydroxylation is 6. The molecular formula is C61H101AlLiN11O7S3. The van der Waals surface area contributed by atoms with E-state index < -0.39 is 29.1 Å². The molecule has 6 aromatic rings. The maximum atomic E-state index is 12.0. The predicted molar refractivity (Wildman–Crippen MR) is 351 cm³/mol. The van der Waals surface area contributed by atoms with E-state index in [-0.39, 0.29) is 58.5 Å². The average molecular weight is 1230 g/mol. The van der Waals surface area contributed by atoms with Crippen LogP contribution in [0.2, 0.25) is 0 Å². The van der Waals surface area contributed by atoms with Gasteiger partial charge < -0.3 is 47.4 Å². The van der Waals surface area contributed by atoms with Gasteiger partial charge in [-0.3, -0.25) is 4.79 Å².